The van der Waals surface area contributed by atoms with E-state index in [0.717, 1.165) is 34.6 Å². The molecule has 0 aliphatic heterocycles. The van der Waals surface area contributed by atoms with Crippen LogP contribution in [-0.2, 0) is 6.42 Å². The highest BCUT2D eigenvalue weighted by Gasteiger charge is 2.10. The second kappa shape index (κ2) is 9.39. The number of hydrogen-bond acceptors (Lipinski definition) is 3. The lowest BCUT2D eigenvalue weighted by molar-refractivity contribution is 0.259. The summed E-state index contributed by atoms with van der Waals surface area (Å²) in [5.41, 5.74) is 3.89. The highest BCUT2D eigenvalue weighted by molar-refractivity contribution is 5.88. The molecule has 0 fully saturated rings. The number of allylic oxidation sites excluding steroid dienone is 1. The van der Waals surface area contributed by atoms with Crippen LogP contribution < -0.4 is 0 Å². The van der Waals surface area contributed by atoms with E-state index in [1.54, 1.807) is 19.4 Å². The Bertz CT molecular complexity index is 850. The second-order valence-electron chi connectivity index (χ2n) is 7.68. The number of nitrogens with zero attached hydrogens (tertiary/aromatic N) is 1. The van der Waals surface area contributed by atoms with Crippen molar-refractivity contribution in [2.75, 3.05) is 0 Å². The molecule has 2 aromatic rings. The van der Waals surface area contributed by atoms with Gasteiger partial charge in [0.1, 0.15) is 5.76 Å². The Hall–Kier alpha value is -2.57. The number of benzene rings is 1. The minimum atomic E-state index is -0.547. The second-order valence-corrected chi connectivity index (χ2v) is 7.68. The molecule has 0 radical (unpaired) electrons. The predicted octanol–water partition coefficient (Wildman–Crippen LogP) is 5.63. The van der Waals surface area contributed by atoms with Crippen molar-refractivity contribution in [1.29, 1.82) is 0 Å². The van der Waals surface area contributed by atoms with E-state index in [9.17, 15) is 5.11 Å². The molecule has 3 nitrogen and oxygen atoms in total. The minimum Gasteiger partial charge on any atom is -0.464 e. The standard InChI is InChI=1S/C24H29NO2/c1-6-15-25-22(18(2)26)12-9-20-16-23(27-17-20)21-10-7-19(8-11-21)13-14-24(3,4)5/h6-8,10-11,15-18,26H,9,12H2,1-5H3/b15-6-,25-22+/t18-/m0/s1. The van der Waals surface area contributed by atoms with E-state index >= 15 is 0 Å². The van der Waals surface area contributed by atoms with Crippen molar-refractivity contribution in [3.05, 3.63) is 60.0 Å². The van der Waals surface area contributed by atoms with Crippen LogP contribution in [0.25, 0.3) is 11.3 Å². The quantitative estimate of drug-likeness (QED) is 0.534. The van der Waals surface area contributed by atoms with E-state index in [-0.39, 0.29) is 5.41 Å². The Labute approximate surface area is 162 Å². The SMILES string of the molecule is C/C=C\N=C(/CCc1coc(-c2ccc(C#CC(C)(C)C)cc2)c1)[C@H](C)O. The smallest absolute Gasteiger partial charge is 0.134 e. The summed E-state index contributed by atoms with van der Waals surface area (Å²) in [6.45, 7) is 9.96. The van der Waals surface area contributed by atoms with Crippen LogP contribution in [0.3, 0.4) is 0 Å². The normalized spacial score (nSPS) is 13.5. The Morgan fingerprint density at radius 1 is 1.26 bits per heavy atom. The average molecular weight is 364 g/mol. The van der Waals surface area contributed by atoms with Crippen molar-refractivity contribution in [3.63, 3.8) is 0 Å². The van der Waals surface area contributed by atoms with E-state index in [1.165, 1.54) is 0 Å². The number of aliphatic hydroxyl groups excluding tert-OH is 1. The molecule has 0 aliphatic carbocycles. The molecular weight excluding hydrogens is 334 g/mol. The molecule has 0 aliphatic rings. The molecule has 1 N–H and O–H groups in total. The van der Waals surface area contributed by atoms with Gasteiger partial charge in [-0.1, -0.05) is 30.0 Å². The van der Waals surface area contributed by atoms with Crippen LogP contribution in [0.5, 0.6) is 0 Å². The molecule has 2 rings (SSSR count). The molecule has 1 aromatic carbocycles. The maximum atomic E-state index is 9.82. The fourth-order valence-electron chi connectivity index (χ4n) is 2.46. The van der Waals surface area contributed by atoms with Crippen LogP contribution in [0.4, 0.5) is 0 Å². The molecule has 27 heavy (non-hydrogen) atoms. The molecule has 0 spiro atoms. The molecule has 1 heterocycles. The van der Waals surface area contributed by atoms with E-state index in [2.05, 4.69) is 37.6 Å². The lowest BCUT2D eigenvalue weighted by atomic mass is 9.97. The third-order valence-corrected chi connectivity index (χ3v) is 3.95. The van der Waals surface area contributed by atoms with E-state index < -0.39 is 6.10 Å². The largest absolute Gasteiger partial charge is 0.464 e. The maximum Gasteiger partial charge on any atom is 0.134 e. The molecule has 0 bridgehead atoms. The van der Waals surface area contributed by atoms with Crippen molar-refractivity contribution in [2.45, 2.75) is 53.6 Å². The van der Waals surface area contributed by atoms with Crippen LogP contribution in [0, 0.1) is 17.3 Å². The number of furan rings is 1. The van der Waals surface area contributed by atoms with E-state index in [4.69, 9.17) is 4.42 Å². The molecule has 1 atom stereocenters. The van der Waals surface area contributed by atoms with Crippen molar-refractivity contribution in [1.82, 2.24) is 0 Å². The van der Waals surface area contributed by atoms with Crippen LogP contribution in [-0.4, -0.2) is 16.9 Å². The summed E-state index contributed by atoms with van der Waals surface area (Å²) < 4.78 is 5.73. The van der Waals surface area contributed by atoms with Crippen molar-refractivity contribution in [3.8, 4) is 23.2 Å². The summed E-state index contributed by atoms with van der Waals surface area (Å²) in [6, 6.07) is 10.1. The van der Waals surface area contributed by atoms with Crippen molar-refractivity contribution < 1.29 is 9.52 Å². The van der Waals surface area contributed by atoms with Crippen LogP contribution in [0.1, 0.15) is 52.2 Å². The highest BCUT2D eigenvalue weighted by atomic mass is 16.3. The Kier molecular flexibility index (Phi) is 7.21. The number of aliphatic imine (C=N–C) groups is 1. The van der Waals surface area contributed by atoms with E-state index in [0.29, 0.717) is 6.42 Å². The zero-order valence-electron chi connectivity index (χ0n) is 16.9. The molecule has 1 aromatic heterocycles. The van der Waals surface area contributed by atoms with Gasteiger partial charge in [0, 0.05) is 28.5 Å². The third kappa shape index (κ3) is 6.92. The van der Waals surface area contributed by atoms with Gasteiger partial charge in [-0.3, -0.25) is 4.99 Å². The number of rotatable bonds is 6. The fraction of sp³-hybridized carbons (Fsp3) is 0.375. The van der Waals surface area contributed by atoms with Gasteiger partial charge in [0.15, 0.2) is 0 Å². The van der Waals surface area contributed by atoms with Gasteiger partial charge in [-0.05, 0) is 71.2 Å². The Morgan fingerprint density at radius 3 is 2.56 bits per heavy atom. The first-order valence-corrected chi connectivity index (χ1v) is 9.35. The van der Waals surface area contributed by atoms with Gasteiger partial charge in [0.2, 0.25) is 0 Å². The Balaban J connectivity index is 2.05. The molecular formula is C24H29NO2. The summed E-state index contributed by atoms with van der Waals surface area (Å²) in [6.07, 6.45) is 6.27. The van der Waals surface area contributed by atoms with Gasteiger partial charge >= 0.3 is 0 Å². The molecule has 0 unspecified atom stereocenters. The fourth-order valence-corrected chi connectivity index (χ4v) is 2.46. The van der Waals surface area contributed by atoms with Gasteiger partial charge in [0.05, 0.1) is 12.4 Å². The molecule has 142 valence electrons. The lowest BCUT2D eigenvalue weighted by Gasteiger charge is -2.07. The summed E-state index contributed by atoms with van der Waals surface area (Å²) in [5, 5.41) is 9.82. The van der Waals surface area contributed by atoms with E-state index in [1.807, 2.05) is 43.3 Å². The molecule has 0 amide bonds. The highest BCUT2D eigenvalue weighted by Crippen LogP contribution is 2.23. The van der Waals surface area contributed by atoms with Gasteiger partial charge in [0.25, 0.3) is 0 Å². The van der Waals surface area contributed by atoms with Gasteiger partial charge < -0.3 is 9.52 Å². The number of hydrogen-bond donors (Lipinski definition) is 1. The van der Waals surface area contributed by atoms with Crippen molar-refractivity contribution in [2.24, 2.45) is 10.4 Å². The van der Waals surface area contributed by atoms with Gasteiger partial charge in [-0.25, -0.2) is 0 Å². The van der Waals surface area contributed by atoms with Crippen LogP contribution in [0.15, 0.2) is 58.3 Å². The minimum absolute atomic E-state index is 0.00424. The third-order valence-electron chi connectivity index (χ3n) is 3.95. The average Bonchev–Trinajstić information content (AvgIpc) is 3.08. The predicted molar refractivity (Wildman–Crippen MR) is 113 cm³/mol. The number of aliphatic hydroxyl groups is 1. The first kappa shape index (κ1) is 20.7. The lowest BCUT2D eigenvalue weighted by Crippen LogP contribution is -2.16. The summed E-state index contributed by atoms with van der Waals surface area (Å²) in [5.74, 6) is 7.29. The molecule has 0 saturated carbocycles. The topological polar surface area (TPSA) is 45.7 Å². The first-order valence-electron chi connectivity index (χ1n) is 9.35. The van der Waals surface area contributed by atoms with Crippen molar-refractivity contribution >= 4 is 5.71 Å². The van der Waals surface area contributed by atoms with Crippen LogP contribution >= 0.6 is 0 Å². The summed E-state index contributed by atoms with van der Waals surface area (Å²) >= 11 is 0. The Morgan fingerprint density at radius 2 is 1.96 bits per heavy atom. The van der Waals surface area contributed by atoms with Crippen LogP contribution in [0.2, 0.25) is 0 Å². The van der Waals surface area contributed by atoms with Gasteiger partial charge in [-0.2, -0.15) is 0 Å². The monoisotopic (exact) mass is 363 g/mol. The first-order chi connectivity index (χ1) is 12.8. The zero-order chi connectivity index (χ0) is 19.9. The zero-order valence-corrected chi connectivity index (χ0v) is 16.9. The summed E-state index contributed by atoms with van der Waals surface area (Å²) in [7, 11) is 0. The molecule has 0 saturated heterocycles. The maximum absolute atomic E-state index is 9.82. The summed E-state index contributed by atoms with van der Waals surface area (Å²) in [4.78, 5) is 4.31. The number of aryl methyl sites for hydroxylation is 1. The van der Waals surface area contributed by atoms with Gasteiger partial charge in [-0.15, -0.1) is 0 Å². The molecule has 3 heteroatoms.